The first-order valence-electron chi connectivity index (χ1n) is 10.3. The lowest BCUT2D eigenvalue weighted by molar-refractivity contribution is -0.138. The molecule has 7 N–H and O–H groups in total. The zero-order valence-electron chi connectivity index (χ0n) is 18.4. The van der Waals surface area contributed by atoms with Crippen LogP contribution in [0, 0.1) is 6.92 Å². The van der Waals surface area contributed by atoms with E-state index >= 15 is 0 Å². The third kappa shape index (κ3) is 6.98. The highest BCUT2D eigenvalue weighted by atomic mass is 35.5. The number of aromatic hydroxyl groups is 1. The summed E-state index contributed by atoms with van der Waals surface area (Å²) in [4.78, 5) is 41.8. The molecule has 1 aromatic heterocycles. The van der Waals surface area contributed by atoms with Gasteiger partial charge >= 0.3 is 5.97 Å². The second-order valence-corrected chi connectivity index (χ2v) is 9.73. The van der Waals surface area contributed by atoms with Crippen LogP contribution in [0.15, 0.2) is 23.2 Å². The van der Waals surface area contributed by atoms with E-state index in [1.54, 1.807) is 6.07 Å². The Balaban J connectivity index is 1.55. The number of guanidine groups is 1. The number of halogens is 2. The molecule has 2 atom stereocenters. The molecule has 2 aromatic rings. The Hall–Kier alpha value is -3.06. The first-order chi connectivity index (χ1) is 16.5. The van der Waals surface area contributed by atoms with Gasteiger partial charge in [-0.1, -0.05) is 23.2 Å². The molecule has 0 spiro atoms. The molecule has 1 aliphatic rings. The minimum atomic E-state index is -1.31. The van der Waals surface area contributed by atoms with Crippen molar-refractivity contribution in [2.24, 2.45) is 4.99 Å². The monoisotopic (exact) mass is 543 g/mol. The van der Waals surface area contributed by atoms with E-state index in [-0.39, 0.29) is 35.2 Å². The number of aliphatic hydroxyl groups is 1. The van der Waals surface area contributed by atoms with Gasteiger partial charge in [-0.2, -0.15) is 0 Å². The Morgan fingerprint density at radius 1 is 1.26 bits per heavy atom. The van der Waals surface area contributed by atoms with Crippen molar-refractivity contribution >= 4 is 64.0 Å². The number of aliphatic imine (C=N–C) groups is 1. The molecular weight excluding hydrogens is 521 g/mol. The van der Waals surface area contributed by atoms with Gasteiger partial charge in [-0.15, -0.1) is 11.3 Å². The summed E-state index contributed by atoms with van der Waals surface area (Å²) in [5, 5.41) is 40.1. The predicted octanol–water partition coefficient (Wildman–Crippen LogP) is 1.52. The van der Waals surface area contributed by atoms with Gasteiger partial charge in [0.15, 0.2) is 5.96 Å². The van der Waals surface area contributed by atoms with Crippen LogP contribution in [-0.4, -0.2) is 71.3 Å². The van der Waals surface area contributed by atoms with Gasteiger partial charge in [0.1, 0.15) is 11.7 Å². The molecule has 3 rings (SSSR count). The second kappa shape index (κ2) is 11.6. The number of benzene rings is 1. The van der Waals surface area contributed by atoms with Gasteiger partial charge in [-0.3, -0.25) is 19.4 Å². The summed E-state index contributed by atoms with van der Waals surface area (Å²) in [6.45, 7) is 1.71. The summed E-state index contributed by atoms with van der Waals surface area (Å²) in [5.41, 5.74) is 0.622. The summed E-state index contributed by atoms with van der Waals surface area (Å²) < 4.78 is 0. The first kappa shape index (κ1) is 26.5. The van der Waals surface area contributed by atoms with E-state index in [2.05, 4.69) is 26.3 Å². The number of β-amino-alcohol motifs (C(OH)–C–C–N with tert-alkyl or cyclic N) is 1. The maximum absolute atomic E-state index is 12.5. The molecule has 0 fully saturated rings. The number of aryl methyl sites for hydroxylation is 1. The third-order valence-corrected chi connectivity index (χ3v) is 6.56. The number of carbonyl (C=O) groups is 3. The molecule has 1 aliphatic heterocycles. The summed E-state index contributed by atoms with van der Waals surface area (Å²) in [7, 11) is 0. The largest absolute Gasteiger partial charge is 0.506 e. The molecule has 35 heavy (non-hydrogen) atoms. The van der Waals surface area contributed by atoms with Crippen molar-refractivity contribution in [1.29, 1.82) is 0 Å². The fourth-order valence-corrected chi connectivity index (χ4v) is 4.57. The smallest absolute Gasteiger partial charge is 0.312 e. The zero-order chi connectivity index (χ0) is 25.7. The highest BCUT2D eigenvalue weighted by Crippen LogP contribution is 2.35. The standard InChI is InChI=1S/C21H23Cl2N5O6S/c1-9-15(28-21-26-5-11(29)6-27-21)4-16(35-9)19(32)25-8-17(30)24-7-13(20(33)34)12-2-10(22)3-14(23)18(12)31/h2-4,11,13,29,31H,5-8H2,1H3,(H,24,30)(H,25,32)(H,33,34)(H2,26,27,28)/t13-/m1/s1. The van der Waals surface area contributed by atoms with Gasteiger partial charge in [0.05, 0.1) is 34.8 Å². The maximum atomic E-state index is 12.5. The Bertz CT molecular complexity index is 1170. The number of carbonyl (C=O) groups excluding carboxylic acids is 2. The van der Waals surface area contributed by atoms with Crippen LogP contribution in [0.1, 0.15) is 26.0 Å². The number of thiophene rings is 1. The minimum Gasteiger partial charge on any atom is -0.506 e. The molecule has 0 saturated heterocycles. The van der Waals surface area contributed by atoms with E-state index in [1.807, 2.05) is 6.92 Å². The lowest BCUT2D eigenvalue weighted by atomic mass is 9.98. The normalized spacial score (nSPS) is 16.0. The number of rotatable bonds is 8. The fraction of sp³-hybridized carbons (Fsp3) is 0.333. The number of hydrogen-bond acceptors (Lipinski definition) is 9. The van der Waals surface area contributed by atoms with Crippen LogP contribution in [0.25, 0.3) is 0 Å². The molecule has 14 heteroatoms. The van der Waals surface area contributed by atoms with Crippen LogP contribution in [0.4, 0.5) is 5.69 Å². The Kier molecular flexibility index (Phi) is 8.78. The molecule has 1 unspecified atom stereocenters. The molecule has 0 radical (unpaired) electrons. The van der Waals surface area contributed by atoms with Crippen molar-refractivity contribution in [2.75, 3.05) is 31.5 Å². The summed E-state index contributed by atoms with van der Waals surface area (Å²) in [5.74, 6) is -3.66. The van der Waals surface area contributed by atoms with Crippen molar-refractivity contribution in [1.82, 2.24) is 16.0 Å². The number of amides is 2. The van der Waals surface area contributed by atoms with Crippen LogP contribution in [0.3, 0.4) is 0 Å². The molecule has 2 heterocycles. The number of phenols is 1. The number of phenolic OH excluding ortho intramolecular Hbond substituents is 1. The van der Waals surface area contributed by atoms with Crippen LogP contribution in [-0.2, 0) is 9.59 Å². The molecule has 0 saturated carbocycles. The Morgan fingerprint density at radius 2 is 2.00 bits per heavy atom. The quantitative estimate of drug-likeness (QED) is 0.262. The molecular formula is C21H23Cl2N5O6S. The van der Waals surface area contributed by atoms with Crippen molar-refractivity contribution < 1.29 is 29.7 Å². The molecule has 11 nitrogen and oxygen atoms in total. The lowest BCUT2D eigenvalue weighted by Gasteiger charge is -2.19. The van der Waals surface area contributed by atoms with Gasteiger partial charge in [0.2, 0.25) is 5.91 Å². The summed E-state index contributed by atoms with van der Waals surface area (Å²) in [6, 6.07) is 4.15. The van der Waals surface area contributed by atoms with Gasteiger partial charge in [-0.25, -0.2) is 0 Å². The van der Waals surface area contributed by atoms with Crippen molar-refractivity contribution in [3.05, 3.63) is 43.6 Å². The average molecular weight is 544 g/mol. The molecule has 1 aromatic carbocycles. The van der Waals surface area contributed by atoms with Gasteiger partial charge in [0, 0.05) is 28.6 Å². The van der Waals surface area contributed by atoms with E-state index in [1.165, 1.54) is 23.5 Å². The van der Waals surface area contributed by atoms with Gasteiger partial charge in [-0.05, 0) is 25.1 Å². The number of anilines is 1. The van der Waals surface area contributed by atoms with E-state index in [4.69, 9.17) is 23.2 Å². The van der Waals surface area contributed by atoms with Crippen molar-refractivity contribution in [2.45, 2.75) is 18.9 Å². The van der Waals surface area contributed by atoms with Crippen LogP contribution in [0.2, 0.25) is 10.0 Å². The Morgan fingerprint density at radius 3 is 2.66 bits per heavy atom. The number of hydrogen-bond donors (Lipinski definition) is 7. The van der Waals surface area contributed by atoms with Crippen molar-refractivity contribution in [3.63, 3.8) is 0 Å². The molecule has 2 amide bonds. The zero-order valence-corrected chi connectivity index (χ0v) is 20.7. The molecule has 0 aliphatic carbocycles. The van der Waals surface area contributed by atoms with Crippen molar-refractivity contribution in [3.8, 4) is 5.75 Å². The summed E-state index contributed by atoms with van der Waals surface area (Å²) in [6.07, 6.45) is -0.545. The van der Waals surface area contributed by atoms with Crippen LogP contribution < -0.4 is 21.3 Å². The maximum Gasteiger partial charge on any atom is 0.312 e. The van der Waals surface area contributed by atoms with E-state index in [0.29, 0.717) is 23.1 Å². The van der Waals surface area contributed by atoms with Crippen LogP contribution in [0.5, 0.6) is 5.75 Å². The topological polar surface area (TPSA) is 172 Å². The number of carboxylic acid groups (broad SMARTS) is 1. The van der Waals surface area contributed by atoms with E-state index in [9.17, 15) is 29.7 Å². The third-order valence-electron chi connectivity index (χ3n) is 5.00. The highest BCUT2D eigenvalue weighted by molar-refractivity contribution is 7.14. The lowest BCUT2D eigenvalue weighted by Crippen LogP contribution is -2.42. The number of carboxylic acids is 1. The first-order valence-corrected chi connectivity index (χ1v) is 11.9. The number of aliphatic hydroxyl groups excluding tert-OH is 1. The van der Waals surface area contributed by atoms with Crippen LogP contribution >= 0.6 is 34.5 Å². The van der Waals surface area contributed by atoms with E-state index in [0.717, 1.165) is 4.88 Å². The number of nitrogens with zero attached hydrogens (tertiary/aromatic N) is 1. The van der Waals surface area contributed by atoms with E-state index < -0.39 is 35.6 Å². The van der Waals surface area contributed by atoms with Gasteiger partial charge in [0.25, 0.3) is 5.91 Å². The molecule has 188 valence electrons. The highest BCUT2D eigenvalue weighted by Gasteiger charge is 2.26. The fourth-order valence-electron chi connectivity index (χ4n) is 3.17. The van der Waals surface area contributed by atoms with Gasteiger partial charge < -0.3 is 36.6 Å². The number of nitrogens with one attached hydrogen (secondary N) is 4. The summed E-state index contributed by atoms with van der Waals surface area (Å²) >= 11 is 13.0. The predicted molar refractivity (Wildman–Crippen MR) is 133 cm³/mol. The number of aliphatic carboxylic acids is 1. The SMILES string of the molecule is Cc1sc(C(=O)NCC(=O)NC[C@@H](C(=O)O)c2cc(Cl)cc(Cl)c2O)cc1NC1=NCC(O)CN1. The second-order valence-electron chi connectivity index (χ2n) is 7.63. The Labute approximate surface area is 214 Å². The minimum absolute atomic E-state index is 0.0417. The molecule has 0 bridgehead atoms. The average Bonchev–Trinajstić information content (AvgIpc) is 3.16.